The van der Waals surface area contributed by atoms with Crippen LogP contribution in [0.25, 0.3) is 10.8 Å². The molecule has 1 N–H and O–H groups in total. The average Bonchev–Trinajstić information content (AvgIpc) is 2.39. The highest BCUT2D eigenvalue weighted by Gasteiger charge is 2.14. The molecule has 82 valence electrons. The van der Waals surface area contributed by atoms with Crippen LogP contribution in [0.15, 0.2) is 42.5 Å². The van der Waals surface area contributed by atoms with E-state index in [-0.39, 0.29) is 0 Å². The number of hydrogen-bond acceptors (Lipinski definition) is 2. The van der Waals surface area contributed by atoms with Crippen molar-refractivity contribution in [2.24, 2.45) is 0 Å². The third-order valence-electron chi connectivity index (χ3n) is 3.10. The summed E-state index contributed by atoms with van der Waals surface area (Å²) in [6, 6.07) is 15.4. The highest BCUT2D eigenvalue weighted by Crippen LogP contribution is 2.21. The lowest BCUT2D eigenvalue weighted by atomic mass is 10.0. The van der Waals surface area contributed by atoms with Crippen molar-refractivity contribution >= 4 is 10.8 Å². The second-order valence-electron chi connectivity index (χ2n) is 4.19. The van der Waals surface area contributed by atoms with Crippen LogP contribution in [0.1, 0.15) is 11.6 Å². The van der Waals surface area contributed by atoms with E-state index in [2.05, 4.69) is 47.8 Å². The molecule has 2 aromatic rings. The fraction of sp³-hybridized carbons (Fsp3) is 0.286. The molecule has 0 saturated carbocycles. The van der Waals surface area contributed by atoms with Crippen LogP contribution >= 0.6 is 0 Å². The summed E-state index contributed by atoms with van der Waals surface area (Å²) in [6.45, 7) is 2.54. The van der Waals surface area contributed by atoms with Gasteiger partial charge in [-0.25, -0.2) is 0 Å². The minimum Gasteiger partial charge on any atom is -0.378 e. The third-order valence-corrected chi connectivity index (χ3v) is 3.10. The monoisotopic (exact) mass is 213 g/mol. The Morgan fingerprint density at radius 1 is 1.06 bits per heavy atom. The highest BCUT2D eigenvalue weighted by atomic mass is 16.5. The van der Waals surface area contributed by atoms with E-state index in [0.717, 1.165) is 19.8 Å². The molecule has 3 rings (SSSR count). The minimum absolute atomic E-state index is 0.346. The van der Waals surface area contributed by atoms with E-state index >= 15 is 0 Å². The number of ether oxygens (including phenoxy) is 1. The summed E-state index contributed by atoms with van der Waals surface area (Å²) in [5.74, 6) is 0. The predicted octanol–water partition coefficient (Wildman–Crippen LogP) is 2.50. The number of morpholine rings is 1. The zero-order valence-electron chi connectivity index (χ0n) is 9.15. The third kappa shape index (κ3) is 1.82. The maximum Gasteiger partial charge on any atom is 0.0662 e. The molecule has 1 aliphatic heterocycles. The number of nitrogens with one attached hydrogen (secondary N) is 1. The Morgan fingerprint density at radius 3 is 2.75 bits per heavy atom. The molecule has 0 radical (unpaired) electrons. The smallest absolute Gasteiger partial charge is 0.0662 e. The summed E-state index contributed by atoms with van der Waals surface area (Å²) in [5, 5.41) is 6.07. The Balaban J connectivity index is 1.97. The van der Waals surface area contributed by atoms with Crippen molar-refractivity contribution in [1.29, 1.82) is 0 Å². The van der Waals surface area contributed by atoms with Gasteiger partial charge in [0.25, 0.3) is 0 Å². The first kappa shape index (κ1) is 9.82. The van der Waals surface area contributed by atoms with Gasteiger partial charge in [0.05, 0.1) is 19.3 Å². The summed E-state index contributed by atoms with van der Waals surface area (Å²) >= 11 is 0. The molecule has 1 unspecified atom stereocenters. The van der Waals surface area contributed by atoms with E-state index in [0.29, 0.717) is 6.04 Å². The van der Waals surface area contributed by atoms with Crippen LogP contribution in [0.3, 0.4) is 0 Å². The second kappa shape index (κ2) is 4.24. The Morgan fingerprint density at radius 2 is 1.94 bits per heavy atom. The normalized spacial score (nSPS) is 21.1. The van der Waals surface area contributed by atoms with Gasteiger partial charge in [-0.2, -0.15) is 0 Å². The van der Waals surface area contributed by atoms with Crippen molar-refractivity contribution in [3.63, 3.8) is 0 Å². The summed E-state index contributed by atoms with van der Waals surface area (Å²) in [5.41, 5.74) is 1.32. The first-order valence-corrected chi connectivity index (χ1v) is 5.73. The van der Waals surface area contributed by atoms with E-state index in [1.54, 1.807) is 0 Å². The Hall–Kier alpha value is -1.38. The molecule has 1 heterocycles. The fourth-order valence-electron chi connectivity index (χ4n) is 2.20. The van der Waals surface area contributed by atoms with Crippen LogP contribution in [0.4, 0.5) is 0 Å². The van der Waals surface area contributed by atoms with Crippen LogP contribution in [0, 0.1) is 0 Å². The van der Waals surface area contributed by atoms with Gasteiger partial charge in [0.1, 0.15) is 0 Å². The molecule has 2 heteroatoms. The molecule has 1 saturated heterocycles. The van der Waals surface area contributed by atoms with Crippen LogP contribution < -0.4 is 5.32 Å². The van der Waals surface area contributed by atoms with Gasteiger partial charge in [-0.3, -0.25) is 0 Å². The van der Waals surface area contributed by atoms with E-state index < -0.39 is 0 Å². The summed E-state index contributed by atoms with van der Waals surface area (Å²) in [4.78, 5) is 0. The van der Waals surface area contributed by atoms with Crippen molar-refractivity contribution < 1.29 is 4.74 Å². The van der Waals surface area contributed by atoms with Gasteiger partial charge in [0.2, 0.25) is 0 Å². The zero-order chi connectivity index (χ0) is 10.8. The molecule has 0 aromatic heterocycles. The number of fused-ring (bicyclic) bond motifs is 1. The molecule has 1 atom stereocenters. The van der Waals surface area contributed by atoms with Gasteiger partial charge in [0, 0.05) is 6.54 Å². The quantitative estimate of drug-likeness (QED) is 0.786. The lowest BCUT2D eigenvalue weighted by molar-refractivity contribution is 0.0769. The topological polar surface area (TPSA) is 21.3 Å². The molecule has 0 bridgehead atoms. The Labute approximate surface area is 95.2 Å². The summed E-state index contributed by atoms with van der Waals surface area (Å²) in [6.07, 6.45) is 0. The Bertz CT molecular complexity index is 489. The molecule has 1 aliphatic rings. The maximum atomic E-state index is 5.49. The lowest BCUT2D eigenvalue weighted by Gasteiger charge is -2.24. The average molecular weight is 213 g/mol. The lowest BCUT2D eigenvalue weighted by Crippen LogP contribution is -2.34. The van der Waals surface area contributed by atoms with Gasteiger partial charge in [0.15, 0.2) is 0 Å². The molecule has 2 aromatic carbocycles. The maximum absolute atomic E-state index is 5.49. The molecule has 0 aliphatic carbocycles. The van der Waals surface area contributed by atoms with Gasteiger partial charge >= 0.3 is 0 Å². The molecule has 2 nitrogen and oxygen atoms in total. The van der Waals surface area contributed by atoms with Gasteiger partial charge in [-0.15, -0.1) is 0 Å². The van der Waals surface area contributed by atoms with Crippen molar-refractivity contribution in [2.75, 3.05) is 19.8 Å². The standard InChI is InChI=1S/C14H15NO/c1-2-4-12-9-13(6-5-11(12)3-1)14-10-16-8-7-15-14/h1-6,9,14-15H,7-8,10H2. The van der Waals surface area contributed by atoms with Gasteiger partial charge in [-0.1, -0.05) is 36.4 Å². The van der Waals surface area contributed by atoms with E-state index in [4.69, 9.17) is 4.74 Å². The number of hydrogen-bond donors (Lipinski definition) is 1. The first-order chi connectivity index (χ1) is 7.93. The van der Waals surface area contributed by atoms with Crippen molar-refractivity contribution in [2.45, 2.75) is 6.04 Å². The van der Waals surface area contributed by atoms with Crippen LogP contribution in [0.5, 0.6) is 0 Å². The molecule has 16 heavy (non-hydrogen) atoms. The van der Waals surface area contributed by atoms with Crippen LogP contribution in [-0.4, -0.2) is 19.8 Å². The number of rotatable bonds is 1. The molecule has 1 fully saturated rings. The van der Waals surface area contributed by atoms with Crippen molar-refractivity contribution in [1.82, 2.24) is 5.32 Å². The first-order valence-electron chi connectivity index (χ1n) is 5.73. The van der Waals surface area contributed by atoms with Gasteiger partial charge in [-0.05, 0) is 22.4 Å². The molecular formula is C14H15NO. The minimum atomic E-state index is 0.346. The zero-order valence-corrected chi connectivity index (χ0v) is 9.15. The van der Waals surface area contributed by atoms with E-state index in [1.165, 1.54) is 16.3 Å². The van der Waals surface area contributed by atoms with Crippen molar-refractivity contribution in [3.05, 3.63) is 48.0 Å². The second-order valence-corrected chi connectivity index (χ2v) is 4.19. The molecule has 0 spiro atoms. The SMILES string of the molecule is c1ccc2cc(C3COCCN3)ccc2c1. The molecular weight excluding hydrogens is 198 g/mol. The fourth-order valence-corrected chi connectivity index (χ4v) is 2.20. The van der Waals surface area contributed by atoms with Crippen LogP contribution in [-0.2, 0) is 4.74 Å². The predicted molar refractivity (Wildman–Crippen MR) is 65.5 cm³/mol. The molecule has 0 amide bonds. The van der Waals surface area contributed by atoms with Gasteiger partial charge < -0.3 is 10.1 Å². The summed E-state index contributed by atoms with van der Waals surface area (Å²) < 4.78 is 5.49. The van der Waals surface area contributed by atoms with E-state index in [1.807, 2.05) is 0 Å². The largest absolute Gasteiger partial charge is 0.378 e. The Kier molecular flexibility index (Phi) is 2.60. The number of benzene rings is 2. The van der Waals surface area contributed by atoms with Crippen LogP contribution in [0.2, 0.25) is 0 Å². The van der Waals surface area contributed by atoms with Crippen molar-refractivity contribution in [3.8, 4) is 0 Å². The highest BCUT2D eigenvalue weighted by molar-refractivity contribution is 5.83. The summed E-state index contributed by atoms with van der Waals surface area (Å²) in [7, 11) is 0. The van der Waals surface area contributed by atoms with E-state index in [9.17, 15) is 0 Å².